The lowest BCUT2D eigenvalue weighted by atomic mass is 10.2. The Kier molecular flexibility index (Phi) is 7.39. The van der Waals surface area contributed by atoms with Gasteiger partial charge in [0.15, 0.2) is 0 Å². The number of hydrogen-bond acceptors (Lipinski definition) is 3. The van der Waals surface area contributed by atoms with Crippen LogP contribution in [-0.4, -0.2) is 32.9 Å². The highest BCUT2D eigenvalue weighted by Crippen LogP contribution is 2.25. The first-order valence-electron chi connectivity index (χ1n) is 6.99. The molecule has 6 heteroatoms. The average molecular weight is 331 g/mol. The highest BCUT2D eigenvalue weighted by atomic mass is 35.5. The largest absolute Gasteiger partial charge is 0.313 e. The molecule has 1 rings (SSSR count). The van der Waals surface area contributed by atoms with E-state index in [-0.39, 0.29) is 9.92 Å². The Morgan fingerprint density at radius 1 is 1.43 bits per heavy atom. The summed E-state index contributed by atoms with van der Waals surface area (Å²) in [5.74, 6) is 0. The zero-order chi connectivity index (χ0) is 15.9. The zero-order valence-corrected chi connectivity index (χ0v) is 14.2. The summed E-state index contributed by atoms with van der Waals surface area (Å²) < 4.78 is 26.5. The molecule has 4 nitrogen and oxygen atoms in total. The van der Waals surface area contributed by atoms with Crippen LogP contribution in [0.25, 0.3) is 0 Å². The van der Waals surface area contributed by atoms with E-state index in [9.17, 15) is 8.42 Å². The van der Waals surface area contributed by atoms with E-state index in [1.165, 1.54) is 4.31 Å². The summed E-state index contributed by atoms with van der Waals surface area (Å²) >= 11 is 6.08. The van der Waals surface area contributed by atoms with Gasteiger partial charge in [-0.25, -0.2) is 12.7 Å². The molecule has 1 aromatic rings. The van der Waals surface area contributed by atoms with E-state index in [0.29, 0.717) is 13.1 Å². The molecular formula is C15H23ClN2O2S. The fourth-order valence-electron chi connectivity index (χ4n) is 1.87. The fraction of sp³-hybridized carbons (Fsp3) is 0.467. The topological polar surface area (TPSA) is 49.4 Å². The first-order valence-corrected chi connectivity index (χ1v) is 8.81. The number of benzene rings is 1. The van der Waals surface area contributed by atoms with Gasteiger partial charge in [0.05, 0.1) is 5.02 Å². The van der Waals surface area contributed by atoms with Gasteiger partial charge in [0.1, 0.15) is 4.90 Å². The second-order valence-corrected chi connectivity index (χ2v) is 7.22. The van der Waals surface area contributed by atoms with Crippen molar-refractivity contribution in [2.45, 2.75) is 31.2 Å². The number of sulfonamides is 1. The van der Waals surface area contributed by atoms with Gasteiger partial charge in [-0.15, -0.1) is 6.58 Å². The average Bonchev–Trinajstić information content (AvgIpc) is 2.46. The smallest absolute Gasteiger partial charge is 0.244 e. The van der Waals surface area contributed by atoms with Gasteiger partial charge < -0.3 is 5.32 Å². The summed E-state index contributed by atoms with van der Waals surface area (Å²) in [4.78, 5) is 0.167. The Hall–Kier alpha value is -0.880. The van der Waals surface area contributed by atoms with Crippen molar-refractivity contribution in [3.05, 3.63) is 41.4 Å². The molecule has 0 atom stereocenters. The minimum atomic E-state index is -3.56. The third kappa shape index (κ3) is 5.11. The molecule has 0 heterocycles. The molecule has 0 unspecified atom stereocenters. The SMILES string of the molecule is C=CCCCN(C)S(=O)(=O)c1cc(CNCC)ccc1Cl. The number of nitrogens with zero attached hydrogens (tertiary/aromatic N) is 1. The summed E-state index contributed by atoms with van der Waals surface area (Å²) in [7, 11) is -1.98. The molecule has 21 heavy (non-hydrogen) atoms. The van der Waals surface area contributed by atoms with Crippen molar-refractivity contribution in [3.8, 4) is 0 Å². The van der Waals surface area contributed by atoms with E-state index in [2.05, 4.69) is 11.9 Å². The van der Waals surface area contributed by atoms with Crippen molar-refractivity contribution in [3.63, 3.8) is 0 Å². The van der Waals surface area contributed by atoms with Crippen LogP contribution in [0.1, 0.15) is 25.3 Å². The Morgan fingerprint density at radius 3 is 2.76 bits per heavy atom. The van der Waals surface area contributed by atoms with Crippen LogP contribution >= 0.6 is 11.6 Å². The highest BCUT2D eigenvalue weighted by Gasteiger charge is 2.23. The minimum absolute atomic E-state index is 0.167. The third-order valence-corrected chi connectivity index (χ3v) is 5.48. The van der Waals surface area contributed by atoms with E-state index >= 15 is 0 Å². The molecule has 0 fully saturated rings. The summed E-state index contributed by atoms with van der Waals surface area (Å²) in [5.41, 5.74) is 0.902. The van der Waals surface area contributed by atoms with Crippen LogP contribution in [0.3, 0.4) is 0 Å². The lowest BCUT2D eigenvalue weighted by Crippen LogP contribution is -2.28. The molecule has 0 aromatic heterocycles. The second kappa shape index (κ2) is 8.54. The molecule has 0 amide bonds. The molecule has 1 aromatic carbocycles. The molecule has 0 saturated heterocycles. The Bertz CT molecular complexity index is 573. The monoisotopic (exact) mass is 330 g/mol. The molecular weight excluding hydrogens is 308 g/mol. The van der Waals surface area contributed by atoms with Crippen molar-refractivity contribution in [2.75, 3.05) is 20.1 Å². The maximum atomic E-state index is 12.6. The lowest BCUT2D eigenvalue weighted by molar-refractivity contribution is 0.462. The van der Waals surface area contributed by atoms with Gasteiger partial charge in [-0.05, 0) is 37.1 Å². The molecule has 1 N–H and O–H groups in total. The standard InChI is InChI=1S/C15H23ClN2O2S/c1-4-6-7-10-18(3)21(19,20)15-11-13(12-17-5-2)8-9-14(15)16/h4,8-9,11,17H,1,5-7,10,12H2,2-3H3. The van der Waals surface area contributed by atoms with Crippen LogP contribution in [0, 0.1) is 0 Å². The Balaban J connectivity index is 2.97. The Labute approximate surface area is 132 Å². The molecule has 0 aliphatic heterocycles. The van der Waals surface area contributed by atoms with Gasteiger partial charge in [-0.2, -0.15) is 0 Å². The first kappa shape index (κ1) is 18.2. The second-order valence-electron chi connectivity index (χ2n) is 4.80. The van der Waals surface area contributed by atoms with Crippen molar-refractivity contribution >= 4 is 21.6 Å². The van der Waals surface area contributed by atoms with E-state index in [0.717, 1.165) is 24.9 Å². The van der Waals surface area contributed by atoms with Gasteiger partial charge in [0.25, 0.3) is 0 Å². The van der Waals surface area contributed by atoms with Crippen LogP contribution in [0.2, 0.25) is 5.02 Å². The first-order chi connectivity index (χ1) is 9.93. The maximum absolute atomic E-state index is 12.6. The zero-order valence-electron chi connectivity index (χ0n) is 12.6. The van der Waals surface area contributed by atoms with Crippen LogP contribution in [0.5, 0.6) is 0 Å². The fourth-order valence-corrected chi connectivity index (χ4v) is 3.60. The predicted octanol–water partition coefficient (Wildman–Crippen LogP) is 3.04. The summed E-state index contributed by atoms with van der Waals surface area (Å²) in [6, 6.07) is 5.12. The molecule has 0 bridgehead atoms. The summed E-state index contributed by atoms with van der Waals surface area (Å²) in [6.45, 7) is 7.53. The van der Waals surface area contributed by atoms with Crippen LogP contribution in [0.15, 0.2) is 35.7 Å². The molecule has 0 spiro atoms. The minimum Gasteiger partial charge on any atom is -0.313 e. The molecule has 0 saturated carbocycles. The predicted molar refractivity (Wildman–Crippen MR) is 88.1 cm³/mol. The van der Waals surface area contributed by atoms with Crippen molar-refractivity contribution in [1.82, 2.24) is 9.62 Å². The van der Waals surface area contributed by atoms with Crippen LogP contribution in [0.4, 0.5) is 0 Å². The summed E-state index contributed by atoms with van der Waals surface area (Å²) in [6.07, 6.45) is 3.31. The van der Waals surface area contributed by atoms with Crippen LogP contribution < -0.4 is 5.32 Å². The molecule has 118 valence electrons. The van der Waals surface area contributed by atoms with Crippen molar-refractivity contribution in [2.24, 2.45) is 0 Å². The van der Waals surface area contributed by atoms with E-state index < -0.39 is 10.0 Å². The van der Waals surface area contributed by atoms with E-state index in [4.69, 9.17) is 11.6 Å². The maximum Gasteiger partial charge on any atom is 0.244 e. The van der Waals surface area contributed by atoms with Gasteiger partial charge >= 0.3 is 0 Å². The number of rotatable bonds is 9. The van der Waals surface area contributed by atoms with Gasteiger partial charge in [0.2, 0.25) is 10.0 Å². The quantitative estimate of drug-likeness (QED) is 0.559. The van der Waals surface area contributed by atoms with E-state index in [1.54, 1.807) is 25.3 Å². The van der Waals surface area contributed by atoms with Gasteiger partial charge in [0, 0.05) is 20.1 Å². The highest BCUT2D eigenvalue weighted by molar-refractivity contribution is 7.89. The Morgan fingerprint density at radius 2 is 2.14 bits per heavy atom. The lowest BCUT2D eigenvalue weighted by Gasteiger charge is -2.18. The van der Waals surface area contributed by atoms with E-state index in [1.807, 2.05) is 13.0 Å². The number of allylic oxidation sites excluding steroid dienone is 1. The van der Waals surface area contributed by atoms with Gasteiger partial charge in [-0.1, -0.05) is 30.7 Å². The van der Waals surface area contributed by atoms with Crippen molar-refractivity contribution in [1.29, 1.82) is 0 Å². The van der Waals surface area contributed by atoms with Crippen molar-refractivity contribution < 1.29 is 8.42 Å². The summed E-state index contributed by atoms with van der Waals surface area (Å²) in [5, 5.41) is 3.43. The number of nitrogens with one attached hydrogen (secondary N) is 1. The molecule has 0 aliphatic carbocycles. The van der Waals surface area contributed by atoms with Crippen LogP contribution in [-0.2, 0) is 16.6 Å². The molecule has 0 radical (unpaired) electrons. The third-order valence-electron chi connectivity index (χ3n) is 3.14. The number of hydrogen-bond donors (Lipinski definition) is 1. The molecule has 0 aliphatic rings. The van der Waals surface area contributed by atoms with Gasteiger partial charge in [-0.3, -0.25) is 0 Å². The number of unbranched alkanes of at least 4 members (excludes halogenated alkanes) is 1. The normalized spacial score (nSPS) is 11.8. The number of halogens is 1.